The van der Waals surface area contributed by atoms with Crippen LogP contribution in [-0.2, 0) is 4.79 Å². The molecule has 0 aliphatic rings. The predicted octanol–water partition coefficient (Wildman–Crippen LogP) is 3.40. The average molecular weight is 261 g/mol. The summed E-state index contributed by atoms with van der Waals surface area (Å²) < 4.78 is 5.34. The molecule has 0 bridgehead atoms. The van der Waals surface area contributed by atoms with Crippen LogP contribution in [0.5, 0.6) is 5.75 Å². The topological polar surface area (TPSA) is 46.5 Å². The number of hydrogen-bond donors (Lipinski definition) is 1. The molecule has 0 amide bonds. The summed E-state index contributed by atoms with van der Waals surface area (Å²) in [5.41, 5.74) is 0. The van der Waals surface area contributed by atoms with E-state index in [4.69, 9.17) is 33.0 Å². The van der Waals surface area contributed by atoms with Gasteiger partial charge in [0.05, 0.1) is 11.6 Å². The minimum atomic E-state index is -0.968. The van der Waals surface area contributed by atoms with E-state index in [1.165, 1.54) is 6.08 Å². The molecule has 0 aliphatic carbocycles. The molecule has 0 spiro atoms. The zero-order valence-corrected chi connectivity index (χ0v) is 9.83. The van der Waals surface area contributed by atoms with Crippen LogP contribution in [-0.4, -0.2) is 17.7 Å². The lowest BCUT2D eigenvalue weighted by Gasteiger charge is -2.06. The third kappa shape index (κ3) is 4.55. The summed E-state index contributed by atoms with van der Waals surface area (Å²) in [7, 11) is 0. The quantitative estimate of drug-likeness (QED) is 0.652. The Kier molecular flexibility index (Phi) is 5.15. The van der Waals surface area contributed by atoms with Gasteiger partial charge in [-0.15, -0.1) is 0 Å². The third-order valence-electron chi connectivity index (χ3n) is 1.70. The lowest BCUT2D eigenvalue weighted by molar-refractivity contribution is -0.131. The number of carbonyl (C=O) groups is 1. The molecule has 86 valence electrons. The Balaban J connectivity index is 2.40. The van der Waals surface area contributed by atoms with Crippen molar-refractivity contribution in [2.75, 3.05) is 6.61 Å². The summed E-state index contributed by atoms with van der Waals surface area (Å²) in [5.74, 6) is -0.431. The molecule has 0 unspecified atom stereocenters. The van der Waals surface area contributed by atoms with Gasteiger partial charge in [-0.25, -0.2) is 4.79 Å². The fourth-order valence-corrected chi connectivity index (χ4v) is 1.48. The summed E-state index contributed by atoms with van der Waals surface area (Å²) in [6, 6.07) is 4.94. The molecular formula is C11H10Cl2O3. The highest BCUT2D eigenvalue weighted by molar-refractivity contribution is 6.35. The number of benzene rings is 1. The standard InChI is InChI=1S/C11H10Cl2O3/c12-8-4-5-10(9(13)7-8)16-6-2-1-3-11(14)15/h1,3-5,7H,2,6H2,(H,14,15)/b3-1+. The second-order valence-corrected chi connectivity index (χ2v) is 3.80. The summed E-state index contributed by atoms with van der Waals surface area (Å²) in [6.45, 7) is 0.366. The van der Waals surface area contributed by atoms with E-state index in [-0.39, 0.29) is 0 Å². The van der Waals surface area contributed by atoms with E-state index < -0.39 is 5.97 Å². The van der Waals surface area contributed by atoms with Crippen LogP contribution < -0.4 is 4.74 Å². The maximum atomic E-state index is 10.2. The molecule has 0 saturated heterocycles. The van der Waals surface area contributed by atoms with E-state index in [2.05, 4.69) is 0 Å². The fourth-order valence-electron chi connectivity index (χ4n) is 1.01. The molecule has 3 nitrogen and oxygen atoms in total. The van der Waals surface area contributed by atoms with Crippen LogP contribution in [0.15, 0.2) is 30.4 Å². The largest absolute Gasteiger partial charge is 0.492 e. The molecule has 1 aromatic rings. The average Bonchev–Trinajstić information content (AvgIpc) is 2.20. The number of aliphatic carboxylic acids is 1. The molecule has 16 heavy (non-hydrogen) atoms. The van der Waals surface area contributed by atoms with Gasteiger partial charge in [-0.2, -0.15) is 0 Å². The number of carboxylic acids is 1. The summed E-state index contributed by atoms with van der Waals surface area (Å²) in [6.07, 6.45) is 3.10. The highest BCUT2D eigenvalue weighted by Gasteiger charge is 2.01. The molecule has 5 heteroatoms. The Morgan fingerprint density at radius 1 is 1.44 bits per heavy atom. The van der Waals surface area contributed by atoms with Crippen molar-refractivity contribution >= 4 is 29.2 Å². The normalized spacial score (nSPS) is 10.6. The molecule has 0 aromatic heterocycles. The SMILES string of the molecule is O=C(O)/C=C/CCOc1ccc(Cl)cc1Cl. The first kappa shape index (κ1) is 12.9. The van der Waals surface area contributed by atoms with Crippen LogP contribution in [0, 0.1) is 0 Å². The summed E-state index contributed by atoms with van der Waals surface area (Å²) >= 11 is 11.6. The van der Waals surface area contributed by atoms with Crippen molar-refractivity contribution in [2.45, 2.75) is 6.42 Å². The minimum absolute atomic E-state index is 0.366. The maximum absolute atomic E-state index is 10.2. The molecule has 1 aromatic carbocycles. The van der Waals surface area contributed by atoms with E-state index in [0.717, 1.165) is 6.08 Å². The lowest BCUT2D eigenvalue weighted by atomic mass is 10.3. The van der Waals surface area contributed by atoms with Crippen molar-refractivity contribution in [1.82, 2.24) is 0 Å². The van der Waals surface area contributed by atoms with Gasteiger partial charge in [-0.05, 0) is 24.6 Å². The minimum Gasteiger partial charge on any atom is -0.492 e. The zero-order valence-electron chi connectivity index (χ0n) is 8.32. The molecule has 1 N–H and O–H groups in total. The van der Waals surface area contributed by atoms with Gasteiger partial charge >= 0.3 is 5.97 Å². The Hall–Kier alpha value is -1.19. The van der Waals surface area contributed by atoms with Crippen molar-refractivity contribution in [2.24, 2.45) is 0 Å². The predicted molar refractivity (Wildman–Crippen MR) is 63.3 cm³/mol. The third-order valence-corrected chi connectivity index (χ3v) is 2.23. The van der Waals surface area contributed by atoms with Gasteiger partial charge in [0, 0.05) is 11.1 Å². The van der Waals surface area contributed by atoms with Gasteiger partial charge in [0.15, 0.2) is 0 Å². The molecule has 0 radical (unpaired) electrons. The van der Waals surface area contributed by atoms with Crippen LogP contribution in [0.1, 0.15) is 6.42 Å². The molecule has 0 atom stereocenters. The highest BCUT2D eigenvalue weighted by Crippen LogP contribution is 2.27. The Labute approximate surface area is 103 Å². The second kappa shape index (κ2) is 6.40. The Morgan fingerprint density at radius 3 is 2.81 bits per heavy atom. The summed E-state index contributed by atoms with van der Waals surface area (Å²) in [4.78, 5) is 10.2. The van der Waals surface area contributed by atoms with E-state index in [1.807, 2.05) is 0 Å². The van der Waals surface area contributed by atoms with E-state index in [0.29, 0.717) is 28.8 Å². The highest BCUT2D eigenvalue weighted by atomic mass is 35.5. The van der Waals surface area contributed by atoms with Crippen LogP contribution in [0.4, 0.5) is 0 Å². The van der Waals surface area contributed by atoms with Crippen molar-refractivity contribution in [3.05, 3.63) is 40.4 Å². The number of carboxylic acid groups (broad SMARTS) is 1. The van der Waals surface area contributed by atoms with Crippen LogP contribution in [0.2, 0.25) is 10.0 Å². The van der Waals surface area contributed by atoms with Gasteiger partial charge in [-0.3, -0.25) is 0 Å². The molecule has 0 fully saturated rings. The molecule has 0 heterocycles. The first-order chi connectivity index (χ1) is 7.59. The number of rotatable bonds is 5. The van der Waals surface area contributed by atoms with Crippen molar-refractivity contribution in [1.29, 1.82) is 0 Å². The van der Waals surface area contributed by atoms with E-state index in [9.17, 15) is 4.79 Å². The van der Waals surface area contributed by atoms with Crippen LogP contribution >= 0.6 is 23.2 Å². The number of hydrogen-bond acceptors (Lipinski definition) is 2. The van der Waals surface area contributed by atoms with Gasteiger partial charge in [0.1, 0.15) is 5.75 Å². The van der Waals surface area contributed by atoms with Gasteiger partial charge in [0.25, 0.3) is 0 Å². The Bertz CT molecular complexity index is 402. The zero-order chi connectivity index (χ0) is 12.0. The summed E-state index contributed by atoms with van der Waals surface area (Å²) in [5, 5.41) is 9.33. The Morgan fingerprint density at radius 2 is 2.19 bits per heavy atom. The van der Waals surface area contributed by atoms with Crippen molar-refractivity contribution in [3.63, 3.8) is 0 Å². The second-order valence-electron chi connectivity index (χ2n) is 2.95. The maximum Gasteiger partial charge on any atom is 0.327 e. The number of halogens is 2. The van der Waals surface area contributed by atoms with Gasteiger partial charge in [0.2, 0.25) is 0 Å². The molecule has 1 rings (SSSR count). The number of ether oxygens (including phenoxy) is 1. The van der Waals surface area contributed by atoms with Crippen molar-refractivity contribution < 1.29 is 14.6 Å². The molecule has 0 aliphatic heterocycles. The first-order valence-corrected chi connectivity index (χ1v) is 5.32. The van der Waals surface area contributed by atoms with Crippen LogP contribution in [0.25, 0.3) is 0 Å². The first-order valence-electron chi connectivity index (χ1n) is 4.57. The van der Waals surface area contributed by atoms with Gasteiger partial charge < -0.3 is 9.84 Å². The van der Waals surface area contributed by atoms with E-state index in [1.54, 1.807) is 18.2 Å². The monoisotopic (exact) mass is 260 g/mol. The fraction of sp³-hybridized carbons (Fsp3) is 0.182. The van der Waals surface area contributed by atoms with E-state index >= 15 is 0 Å². The molecule has 0 saturated carbocycles. The lowest BCUT2D eigenvalue weighted by Crippen LogP contribution is -1.96. The smallest absolute Gasteiger partial charge is 0.327 e. The van der Waals surface area contributed by atoms with Crippen molar-refractivity contribution in [3.8, 4) is 5.75 Å². The van der Waals surface area contributed by atoms with Crippen LogP contribution in [0.3, 0.4) is 0 Å². The van der Waals surface area contributed by atoms with Gasteiger partial charge in [-0.1, -0.05) is 29.3 Å². The molecular weight excluding hydrogens is 251 g/mol.